The molecule has 0 N–H and O–H groups in total. The molecule has 0 aliphatic carbocycles. The lowest BCUT2D eigenvalue weighted by molar-refractivity contribution is 0.647. The maximum Gasteiger partial charge on any atom is 0.282 e. The zero-order valence-corrected chi connectivity index (χ0v) is 12.5. The monoisotopic (exact) mass is 254 g/mol. The van der Waals surface area contributed by atoms with Crippen LogP contribution in [-0.4, -0.2) is 83.7 Å². The first-order chi connectivity index (χ1) is 8.73. The summed E-state index contributed by atoms with van der Waals surface area (Å²) >= 11 is 0. The van der Waals surface area contributed by atoms with E-state index in [4.69, 9.17) is 15.5 Å². The van der Waals surface area contributed by atoms with E-state index in [9.17, 15) is 0 Å². The molecule has 0 saturated carbocycles. The van der Waals surface area contributed by atoms with E-state index in [1.54, 1.807) is 0 Å². The molecule has 96 valence electrons. The standard InChI is InChI=1S/C9H18B4N6/c1-7-14-8(17(2)3)16-9(15-7)19(6)13(12(10)11)18(4)5/h1-6H3. The maximum atomic E-state index is 5.82. The van der Waals surface area contributed by atoms with Crippen molar-refractivity contribution in [2.75, 3.05) is 44.9 Å². The van der Waals surface area contributed by atoms with Crippen molar-refractivity contribution in [3.8, 4) is 0 Å². The van der Waals surface area contributed by atoms with Gasteiger partial charge in [0.1, 0.15) is 5.82 Å². The van der Waals surface area contributed by atoms with Gasteiger partial charge in [-0.25, -0.2) is 0 Å². The van der Waals surface area contributed by atoms with Crippen molar-refractivity contribution in [1.82, 2.24) is 19.8 Å². The summed E-state index contributed by atoms with van der Waals surface area (Å²) in [5.74, 6) is 1.82. The van der Waals surface area contributed by atoms with Gasteiger partial charge in [0.05, 0.1) is 6.39 Å². The largest absolute Gasteiger partial charge is 0.380 e. The second kappa shape index (κ2) is 6.32. The molecule has 0 aliphatic heterocycles. The molecule has 1 aromatic heterocycles. The van der Waals surface area contributed by atoms with Crippen LogP contribution in [0.2, 0.25) is 0 Å². The summed E-state index contributed by atoms with van der Waals surface area (Å²) in [6.45, 7) is 1.64. The number of anilines is 2. The minimum atomic E-state index is -0.528. The lowest BCUT2D eigenvalue weighted by Crippen LogP contribution is -2.60. The lowest BCUT2D eigenvalue weighted by Gasteiger charge is -2.33. The Morgan fingerprint density at radius 3 is 1.84 bits per heavy atom. The lowest BCUT2D eigenvalue weighted by atomic mass is 8.99. The minimum absolute atomic E-state index is 0.197. The number of rotatable bonds is 5. The Morgan fingerprint density at radius 1 is 0.895 bits per heavy atom. The molecule has 1 rings (SSSR count). The van der Waals surface area contributed by atoms with Crippen LogP contribution in [0.25, 0.3) is 0 Å². The number of hydrogen-bond donors (Lipinski definition) is 0. The molecule has 1 aromatic rings. The van der Waals surface area contributed by atoms with Crippen molar-refractivity contribution in [2.24, 2.45) is 0 Å². The van der Waals surface area contributed by atoms with Gasteiger partial charge in [-0.15, -0.1) is 0 Å². The molecule has 0 saturated heterocycles. The molecule has 0 atom stereocenters. The minimum Gasteiger partial charge on any atom is -0.380 e. The van der Waals surface area contributed by atoms with Gasteiger partial charge < -0.3 is 14.5 Å². The molecule has 10 heteroatoms. The zero-order valence-electron chi connectivity index (χ0n) is 12.5. The van der Waals surface area contributed by atoms with Crippen molar-refractivity contribution in [1.29, 1.82) is 0 Å². The Balaban J connectivity index is 3.14. The fourth-order valence-electron chi connectivity index (χ4n) is 1.88. The quantitative estimate of drug-likeness (QED) is 0.604. The molecule has 19 heavy (non-hydrogen) atoms. The fourth-order valence-corrected chi connectivity index (χ4v) is 1.88. The highest BCUT2D eigenvalue weighted by molar-refractivity contribution is 7.57. The van der Waals surface area contributed by atoms with Crippen molar-refractivity contribution < 1.29 is 0 Å². The number of aryl methyl sites for hydroxylation is 1. The number of hydrogen-bond acceptors (Lipinski definition) is 6. The SMILES string of the molecule is [B]B([B])B(N(C)C)N(C)c1nc(C)nc(N(C)C)n1. The van der Waals surface area contributed by atoms with Crippen LogP contribution >= 0.6 is 0 Å². The Bertz CT molecular complexity index is 419. The van der Waals surface area contributed by atoms with Crippen LogP contribution in [0.3, 0.4) is 0 Å². The third-order valence-electron chi connectivity index (χ3n) is 2.71. The van der Waals surface area contributed by atoms with Gasteiger partial charge in [0.2, 0.25) is 11.9 Å². The van der Waals surface area contributed by atoms with Gasteiger partial charge in [0.25, 0.3) is 6.87 Å². The van der Waals surface area contributed by atoms with Crippen LogP contribution in [0, 0.1) is 6.92 Å². The Hall–Kier alpha value is -1.17. The van der Waals surface area contributed by atoms with Crippen LogP contribution in [0.1, 0.15) is 5.82 Å². The van der Waals surface area contributed by atoms with Crippen LogP contribution in [0.4, 0.5) is 11.9 Å². The maximum absolute atomic E-state index is 5.82. The molecule has 0 spiro atoms. The normalized spacial score (nSPS) is 10.5. The molecular formula is C9H18B4N6. The summed E-state index contributed by atoms with van der Waals surface area (Å²) in [7, 11) is 21.1. The summed E-state index contributed by atoms with van der Waals surface area (Å²) in [6.07, 6.45) is -0.528. The Morgan fingerprint density at radius 2 is 1.42 bits per heavy atom. The molecule has 4 radical (unpaired) electrons. The summed E-state index contributed by atoms with van der Waals surface area (Å²) in [5.41, 5.74) is 0. The van der Waals surface area contributed by atoms with E-state index in [0.29, 0.717) is 17.7 Å². The van der Waals surface area contributed by atoms with E-state index in [2.05, 4.69) is 15.0 Å². The van der Waals surface area contributed by atoms with E-state index < -0.39 is 6.39 Å². The first-order valence-corrected chi connectivity index (χ1v) is 6.04. The van der Waals surface area contributed by atoms with Crippen LogP contribution in [0.15, 0.2) is 0 Å². The predicted molar refractivity (Wildman–Crippen MR) is 84.0 cm³/mol. The highest BCUT2D eigenvalue weighted by atomic mass is 15.3. The van der Waals surface area contributed by atoms with Gasteiger partial charge in [-0.2, -0.15) is 15.0 Å². The molecule has 0 amide bonds. The molecule has 6 nitrogen and oxygen atoms in total. The van der Waals surface area contributed by atoms with E-state index in [-0.39, 0.29) is 6.87 Å². The van der Waals surface area contributed by atoms with Crippen molar-refractivity contribution in [2.45, 2.75) is 6.92 Å². The van der Waals surface area contributed by atoms with Crippen molar-refractivity contribution >= 4 is 40.6 Å². The first-order valence-electron chi connectivity index (χ1n) is 6.04. The van der Waals surface area contributed by atoms with E-state index in [1.807, 2.05) is 56.7 Å². The van der Waals surface area contributed by atoms with E-state index in [0.717, 1.165) is 0 Å². The predicted octanol–water partition coefficient (Wildman–Crippen LogP) is -1.36. The summed E-state index contributed by atoms with van der Waals surface area (Å²) < 4.78 is 0. The Labute approximate surface area is 119 Å². The highest BCUT2D eigenvalue weighted by Gasteiger charge is 2.29. The highest BCUT2D eigenvalue weighted by Crippen LogP contribution is 2.13. The second-order valence-electron chi connectivity index (χ2n) is 4.94. The number of aromatic nitrogens is 3. The van der Waals surface area contributed by atoms with E-state index in [1.165, 1.54) is 0 Å². The summed E-state index contributed by atoms with van der Waals surface area (Å²) in [5, 5.41) is 0. The fraction of sp³-hybridized carbons (Fsp3) is 0.667. The van der Waals surface area contributed by atoms with Gasteiger partial charge in [0, 0.05) is 29.6 Å². The van der Waals surface area contributed by atoms with Crippen molar-refractivity contribution in [3.05, 3.63) is 5.82 Å². The summed E-state index contributed by atoms with van der Waals surface area (Å²) in [6, 6.07) is 0. The first kappa shape index (κ1) is 15.9. The smallest absolute Gasteiger partial charge is 0.282 e. The van der Waals surface area contributed by atoms with Crippen LogP contribution in [-0.2, 0) is 0 Å². The number of nitrogens with zero attached hydrogens (tertiary/aromatic N) is 6. The molecular weight excluding hydrogens is 235 g/mol. The van der Waals surface area contributed by atoms with Crippen LogP contribution < -0.4 is 9.71 Å². The van der Waals surface area contributed by atoms with Crippen molar-refractivity contribution in [3.63, 3.8) is 0 Å². The molecule has 0 bridgehead atoms. The Kier molecular flexibility index (Phi) is 5.28. The van der Waals surface area contributed by atoms with Gasteiger partial charge in [0.15, 0.2) is 0 Å². The molecule has 0 aliphatic rings. The third-order valence-corrected chi connectivity index (χ3v) is 2.71. The average Bonchev–Trinajstić information content (AvgIpc) is 2.26. The van der Waals surface area contributed by atoms with E-state index >= 15 is 0 Å². The molecule has 0 aromatic carbocycles. The molecule has 0 unspecified atom stereocenters. The van der Waals surface area contributed by atoms with Gasteiger partial charge >= 0.3 is 0 Å². The summed E-state index contributed by atoms with van der Waals surface area (Å²) in [4.78, 5) is 18.6. The van der Waals surface area contributed by atoms with Gasteiger partial charge in [-0.05, 0) is 28.1 Å². The average molecular weight is 254 g/mol. The zero-order chi connectivity index (χ0) is 14.7. The molecule has 0 fully saturated rings. The van der Waals surface area contributed by atoms with Gasteiger partial charge in [-0.3, -0.25) is 0 Å². The van der Waals surface area contributed by atoms with Gasteiger partial charge in [-0.1, -0.05) is 0 Å². The topological polar surface area (TPSA) is 48.4 Å². The third kappa shape index (κ3) is 3.89. The second-order valence-corrected chi connectivity index (χ2v) is 4.94. The van der Waals surface area contributed by atoms with Crippen LogP contribution in [0.5, 0.6) is 0 Å². The molecule has 1 heterocycles.